The number of anilines is 2. The number of hydrogen-bond donors (Lipinski definition) is 3. The molecule has 4 heterocycles. The summed E-state index contributed by atoms with van der Waals surface area (Å²) in [6.45, 7) is 8.55. The zero-order valence-electron chi connectivity index (χ0n) is 24.0. The van der Waals surface area contributed by atoms with Gasteiger partial charge in [-0.3, -0.25) is 9.69 Å². The number of nitrogens with zero attached hydrogens (tertiary/aromatic N) is 5. The van der Waals surface area contributed by atoms with E-state index in [0.29, 0.717) is 36.4 Å². The predicted octanol–water partition coefficient (Wildman–Crippen LogP) is 4.31. The number of ether oxygens (including phenoxy) is 1. The Morgan fingerprint density at radius 1 is 1.22 bits per heavy atom. The number of hydrogen-bond acceptors (Lipinski definition) is 9. The molecule has 5 rings (SSSR count). The first-order valence-electron chi connectivity index (χ1n) is 14.2. The Labute approximate surface area is 246 Å². The number of rotatable bonds is 9. The molecule has 0 bridgehead atoms. The second-order valence-electron chi connectivity index (χ2n) is 10.7. The normalized spacial score (nSPS) is 18.9. The summed E-state index contributed by atoms with van der Waals surface area (Å²) < 4.78 is 5.44. The van der Waals surface area contributed by atoms with Gasteiger partial charge in [0.1, 0.15) is 12.0 Å². The lowest BCUT2D eigenvalue weighted by Gasteiger charge is -2.28. The third-order valence-electron chi connectivity index (χ3n) is 8.03. The molecule has 2 aliphatic rings. The van der Waals surface area contributed by atoms with Gasteiger partial charge in [0.05, 0.1) is 29.0 Å². The quantitative estimate of drug-likeness (QED) is 0.341. The van der Waals surface area contributed by atoms with Gasteiger partial charge in [-0.1, -0.05) is 23.7 Å². The van der Waals surface area contributed by atoms with Crippen molar-refractivity contribution >= 4 is 29.3 Å². The minimum absolute atomic E-state index is 0.158. The van der Waals surface area contributed by atoms with Crippen LogP contribution in [-0.4, -0.2) is 69.8 Å². The third-order valence-corrected chi connectivity index (χ3v) is 8.31. The number of aromatic nitrogens is 3. The van der Waals surface area contributed by atoms with Gasteiger partial charge in [-0.15, -0.1) is 0 Å². The van der Waals surface area contributed by atoms with Crippen LogP contribution in [0.15, 0.2) is 42.7 Å². The Hall–Kier alpha value is -3.31. The molecule has 1 aromatic carbocycles. The van der Waals surface area contributed by atoms with E-state index in [4.69, 9.17) is 21.3 Å². The third kappa shape index (κ3) is 6.46. The van der Waals surface area contributed by atoms with Crippen LogP contribution in [0.2, 0.25) is 5.02 Å². The molecule has 0 radical (unpaired) electrons. The van der Waals surface area contributed by atoms with E-state index in [-0.39, 0.29) is 18.0 Å². The van der Waals surface area contributed by atoms with Crippen molar-refractivity contribution in [3.8, 4) is 11.3 Å². The van der Waals surface area contributed by atoms with Gasteiger partial charge < -0.3 is 25.4 Å². The maximum absolute atomic E-state index is 13.3. The second-order valence-corrected chi connectivity index (χ2v) is 11.2. The number of nitrogens with one attached hydrogen (secondary N) is 2. The van der Waals surface area contributed by atoms with Gasteiger partial charge in [0.25, 0.3) is 0 Å². The Balaban J connectivity index is 1.28. The van der Waals surface area contributed by atoms with E-state index in [1.54, 1.807) is 17.3 Å². The molecule has 1 amide bonds. The maximum Gasteiger partial charge on any atom is 0.237 e. The van der Waals surface area contributed by atoms with Crippen LogP contribution < -0.4 is 15.5 Å². The Bertz CT molecular complexity index is 1380. The molecule has 1 unspecified atom stereocenters. The van der Waals surface area contributed by atoms with Gasteiger partial charge in [0.2, 0.25) is 11.9 Å². The van der Waals surface area contributed by atoms with Crippen molar-refractivity contribution in [2.75, 3.05) is 37.0 Å². The van der Waals surface area contributed by atoms with Crippen molar-refractivity contribution in [2.45, 2.75) is 64.5 Å². The number of aliphatic hydroxyl groups is 1. The number of carbonyl (C=O) groups excluding carboxylic acids is 1. The van der Waals surface area contributed by atoms with E-state index in [0.717, 1.165) is 47.5 Å². The van der Waals surface area contributed by atoms with Crippen molar-refractivity contribution in [2.24, 2.45) is 0 Å². The molecular weight excluding hydrogens is 542 g/mol. The lowest BCUT2D eigenvalue weighted by atomic mass is 10.0. The molecule has 10 nitrogen and oxygen atoms in total. The zero-order valence-corrected chi connectivity index (χ0v) is 24.7. The van der Waals surface area contributed by atoms with Crippen LogP contribution >= 0.6 is 11.6 Å². The zero-order chi connectivity index (χ0) is 29.1. The summed E-state index contributed by atoms with van der Waals surface area (Å²) in [6.07, 6.45) is 4.21. The summed E-state index contributed by atoms with van der Waals surface area (Å²) in [5.41, 5.74) is 4.04. The first-order valence-corrected chi connectivity index (χ1v) is 14.5. The van der Waals surface area contributed by atoms with Crippen LogP contribution in [0.3, 0.4) is 0 Å². The molecule has 0 saturated carbocycles. The molecule has 2 aliphatic heterocycles. The van der Waals surface area contributed by atoms with Crippen molar-refractivity contribution in [1.82, 2.24) is 25.2 Å². The van der Waals surface area contributed by atoms with Gasteiger partial charge in [0.15, 0.2) is 0 Å². The van der Waals surface area contributed by atoms with E-state index >= 15 is 0 Å². The lowest BCUT2D eigenvalue weighted by Crippen LogP contribution is -2.45. The fourth-order valence-corrected chi connectivity index (χ4v) is 5.44. The van der Waals surface area contributed by atoms with Gasteiger partial charge >= 0.3 is 0 Å². The summed E-state index contributed by atoms with van der Waals surface area (Å²) in [6, 6.07) is 9.20. The first kappa shape index (κ1) is 29.2. The maximum atomic E-state index is 13.3. The summed E-state index contributed by atoms with van der Waals surface area (Å²) in [4.78, 5) is 30.6. The van der Waals surface area contributed by atoms with Crippen molar-refractivity contribution < 1.29 is 14.6 Å². The highest BCUT2D eigenvalue weighted by molar-refractivity contribution is 6.32. The van der Waals surface area contributed by atoms with Crippen LogP contribution in [0.5, 0.6) is 0 Å². The average Bonchev–Trinajstić information content (AvgIpc) is 3.33. The summed E-state index contributed by atoms with van der Waals surface area (Å²) in [5, 5.41) is 18.2. The fraction of sp³-hybridized carbons (Fsp3) is 0.467. The van der Waals surface area contributed by atoms with Gasteiger partial charge in [-0.25, -0.2) is 15.0 Å². The minimum Gasteiger partial charge on any atom is -0.381 e. The smallest absolute Gasteiger partial charge is 0.237 e. The van der Waals surface area contributed by atoms with Gasteiger partial charge in [0, 0.05) is 56.7 Å². The van der Waals surface area contributed by atoms with E-state index in [1.807, 2.05) is 56.1 Å². The molecular formula is C30H38ClN7O3. The number of benzene rings is 1. The topological polar surface area (TPSA) is 116 Å². The summed E-state index contributed by atoms with van der Waals surface area (Å²) in [7, 11) is 1.98. The van der Waals surface area contributed by atoms with Crippen molar-refractivity contribution in [1.29, 1.82) is 0 Å². The standard InChI is InChI=1S/C30H38ClN7O3/c1-5-37(4)26-15-20(8-11-32-26)18(2)34-28(39)19(3)38-17-22-7-6-21(14-24(22)29(38)40)27-25(31)16-33-30(36-27)35-23-9-12-41-13-10-23/h6-8,11,14-16,18-19,23,29,40H,5,9-10,12-13,17H2,1-4H3,(H,34,39)(H,33,35,36)/t18-,19-,29?/m1/s1. The first-order chi connectivity index (χ1) is 19.7. The monoisotopic (exact) mass is 579 g/mol. The number of aliphatic hydroxyl groups excluding tert-OH is 1. The largest absolute Gasteiger partial charge is 0.381 e. The SMILES string of the molecule is CCN(C)c1cc([C@@H](C)NC(=O)[C@@H](C)N2Cc3ccc(-c4nc(NC5CCOCC5)ncc4Cl)cc3C2O)ccn1. The van der Waals surface area contributed by atoms with E-state index < -0.39 is 12.3 Å². The number of amides is 1. The number of pyridine rings is 1. The molecule has 1 saturated heterocycles. The van der Waals surface area contributed by atoms with Crippen LogP contribution in [0.1, 0.15) is 62.6 Å². The van der Waals surface area contributed by atoms with Crippen molar-refractivity contribution in [3.05, 3.63) is 64.4 Å². The Morgan fingerprint density at radius 2 is 2.00 bits per heavy atom. The van der Waals surface area contributed by atoms with Gasteiger partial charge in [-0.2, -0.15) is 0 Å². The molecule has 3 N–H and O–H groups in total. The van der Waals surface area contributed by atoms with Crippen LogP contribution in [0, 0.1) is 0 Å². The molecule has 3 atom stereocenters. The molecule has 2 aromatic heterocycles. The van der Waals surface area contributed by atoms with E-state index in [1.165, 1.54) is 0 Å². The molecule has 218 valence electrons. The second kappa shape index (κ2) is 12.7. The average molecular weight is 580 g/mol. The highest BCUT2D eigenvalue weighted by Gasteiger charge is 2.35. The molecule has 0 aliphatic carbocycles. The van der Waals surface area contributed by atoms with E-state index in [2.05, 4.69) is 27.5 Å². The van der Waals surface area contributed by atoms with Gasteiger partial charge in [-0.05, 0) is 62.9 Å². The molecule has 11 heteroatoms. The Kier molecular flexibility index (Phi) is 9.03. The minimum atomic E-state index is -0.938. The number of halogens is 1. The lowest BCUT2D eigenvalue weighted by molar-refractivity contribution is -0.131. The van der Waals surface area contributed by atoms with Crippen molar-refractivity contribution in [3.63, 3.8) is 0 Å². The highest BCUT2D eigenvalue weighted by atomic mass is 35.5. The molecule has 3 aromatic rings. The number of fused-ring (bicyclic) bond motifs is 1. The van der Waals surface area contributed by atoms with E-state index in [9.17, 15) is 9.90 Å². The van der Waals surface area contributed by atoms with Crippen LogP contribution in [-0.2, 0) is 16.1 Å². The fourth-order valence-electron chi connectivity index (χ4n) is 5.24. The molecule has 41 heavy (non-hydrogen) atoms. The summed E-state index contributed by atoms with van der Waals surface area (Å²) in [5.74, 6) is 1.21. The molecule has 0 spiro atoms. The number of carbonyl (C=O) groups is 1. The van der Waals surface area contributed by atoms with Crippen LogP contribution in [0.25, 0.3) is 11.3 Å². The predicted molar refractivity (Wildman–Crippen MR) is 160 cm³/mol. The molecule has 1 fully saturated rings. The summed E-state index contributed by atoms with van der Waals surface area (Å²) >= 11 is 6.51. The van der Waals surface area contributed by atoms with Crippen LogP contribution in [0.4, 0.5) is 11.8 Å². The Morgan fingerprint density at radius 3 is 2.76 bits per heavy atom. The highest BCUT2D eigenvalue weighted by Crippen LogP contribution is 2.37.